The molecule has 0 fully saturated rings. The Morgan fingerprint density at radius 2 is 1.55 bits per heavy atom. The number of carboxylic acids is 1. The number of nitrogens with two attached hydrogens (primary N) is 4. The predicted octanol–water partition coefficient (Wildman–Crippen LogP) is -5.21. The van der Waals surface area contributed by atoms with Crippen LogP contribution in [0.25, 0.3) is 0 Å². The molecule has 13 N–H and O–H groups in total. The zero-order chi connectivity index (χ0) is 24.1. The molecule has 31 heavy (non-hydrogen) atoms. The van der Waals surface area contributed by atoms with Crippen LogP contribution in [0.1, 0.15) is 26.2 Å². The normalized spacial score (nSPS) is 14.3. The van der Waals surface area contributed by atoms with Gasteiger partial charge >= 0.3 is 5.97 Å². The summed E-state index contributed by atoms with van der Waals surface area (Å²) in [6, 6.07) is -4.03. The molecule has 0 aromatic rings. The molecule has 0 spiro atoms. The Morgan fingerprint density at radius 1 is 0.968 bits per heavy atom. The van der Waals surface area contributed by atoms with Crippen LogP contribution in [0.4, 0.5) is 0 Å². The number of rotatable bonds is 14. The van der Waals surface area contributed by atoms with Crippen molar-refractivity contribution in [2.24, 2.45) is 27.9 Å². The van der Waals surface area contributed by atoms with Crippen molar-refractivity contribution in [2.45, 2.75) is 50.4 Å². The number of hydrogen-bond acceptors (Lipinski definition) is 8. The number of guanidine groups is 1. The van der Waals surface area contributed by atoms with E-state index in [0.29, 0.717) is 0 Å². The van der Waals surface area contributed by atoms with Crippen LogP contribution in [0, 0.1) is 0 Å². The van der Waals surface area contributed by atoms with Gasteiger partial charge in [-0.05, 0) is 19.8 Å². The maximum absolute atomic E-state index is 12.7. The Hall–Kier alpha value is -3.46. The van der Waals surface area contributed by atoms with Crippen molar-refractivity contribution in [1.82, 2.24) is 16.0 Å². The Kier molecular flexibility index (Phi) is 12.2. The summed E-state index contributed by atoms with van der Waals surface area (Å²) in [7, 11) is 0. The monoisotopic (exact) mass is 446 g/mol. The van der Waals surface area contributed by atoms with Gasteiger partial charge in [0.15, 0.2) is 5.96 Å². The summed E-state index contributed by atoms with van der Waals surface area (Å²) in [6.45, 7) is 0.674. The number of nitrogens with zero attached hydrogens (tertiary/aromatic N) is 1. The number of nitrogens with one attached hydrogen (secondary N) is 3. The lowest BCUT2D eigenvalue weighted by Crippen LogP contribution is -2.57. The van der Waals surface area contributed by atoms with Crippen LogP contribution in [0.3, 0.4) is 0 Å². The van der Waals surface area contributed by atoms with Gasteiger partial charge in [0.05, 0.1) is 12.5 Å². The van der Waals surface area contributed by atoms with Crippen molar-refractivity contribution in [1.29, 1.82) is 0 Å². The Labute approximate surface area is 178 Å². The Bertz CT molecular complexity index is 693. The molecule has 0 bridgehead atoms. The smallest absolute Gasteiger partial charge is 0.322 e. The third kappa shape index (κ3) is 12.0. The lowest BCUT2D eigenvalue weighted by Gasteiger charge is -2.24. The quantitative estimate of drug-likeness (QED) is 0.0694. The molecule has 0 aliphatic rings. The van der Waals surface area contributed by atoms with Gasteiger partial charge in [0.1, 0.15) is 24.7 Å². The number of carboxylic acid groups (broad SMARTS) is 1. The number of aliphatic imine (C=N–C) groups is 1. The molecule has 4 amide bonds. The number of amides is 4. The predicted molar refractivity (Wildman–Crippen MR) is 108 cm³/mol. The first-order valence-corrected chi connectivity index (χ1v) is 9.22. The van der Waals surface area contributed by atoms with Crippen molar-refractivity contribution in [2.75, 3.05) is 13.1 Å². The van der Waals surface area contributed by atoms with Gasteiger partial charge in [0.2, 0.25) is 23.6 Å². The fraction of sp³-hybridized carbons (Fsp3) is 0.625. The maximum atomic E-state index is 12.7. The molecule has 0 aliphatic heterocycles. The van der Waals surface area contributed by atoms with E-state index in [2.05, 4.69) is 15.6 Å². The lowest BCUT2D eigenvalue weighted by molar-refractivity contribution is -0.139. The average molecular weight is 446 g/mol. The number of aliphatic hydroxyl groups is 1. The minimum absolute atomic E-state index is 0.0148. The second-order valence-electron chi connectivity index (χ2n) is 6.62. The molecule has 4 unspecified atom stereocenters. The van der Waals surface area contributed by atoms with Gasteiger partial charge in [-0.25, -0.2) is 0 Å². The summed E-state index contributed by atoms with van der Waals surface area (Å²) >= 11 is 0. The van der Waals surface area contributed by atoms with E-state index in [-0.39, 0.29) is 25.3 Å². The summed E-state index contributed by atoms with van der Waals surface area (Å²) in [6.07, 6.45) is -1.55. The minimum Gasteiger partial charge on any atom is -0.480 e. The molecule has 0 rings (SSSR count). The van der Waals surface area contributed by atoms with Crippen molar-refractivity contribution in [3.8, 4) is 0 Å². The van der Waals surface area contributed by atoms with Crippen LogP contribution in [-0.4, -0.2) is 83.1 Å². The first-order valence-electron chi connectivity index (χ1n) is 9.22. The first-order chi connectivity index (χ1) is 14.3. The molecule has 0 aromatic carbocycles. The van der Waals surface area contributed by atoms with Gasteiger partial charge in [-0.2, -0.15) is 0 Å². The highest BCUT2D eigenvalue weighted by molar-refractivity contribution is 5.95. The molecule has 0 radical (unpaired) electrons. The van der Waals surface area contributed by atoms with Crippen LogP contribution in [0.15, 0.2) is 4.99 Å². The molecule has 0 saturated carbocycles. The highest BCUT2D eigenvalue weighted by atomic mass is 16.4. The van der Waals surface area contributed by atoms with Gasteiger partial charge in [0, 0.05) is 6.54 Å². The minimum atomic E-state index is -1.48. The topological polar surface area (TPSA) is 278 Å². The summed E-state index contributed by atoms with van der Waals surface area (Å²) in [5.74, 6) is -5.10. The largest absolute Gasteiger partial charge is 0.480 e. The maximum Gasteiger partial charge on any atom is 0.322 e. The number of aliphatic hydroxyl groups excluding tert-OH is 1. The lowest BCUT2D eigenvalue weighted by atomic mass is 10.1. The van der Waals surface area contributed by atoms with E-state index >= 15 is 0 Å². The van der Waals surface area contributed by atoms with E-state index in [4.69, 9.17) is 28.0 Å². The molecular formula is C16H30N8O7. The third-order valence-electron chi connectivity index (χ3n) is 3.85. The van der Waals surface area contributed by atoms with Crippen molar-refractivity contribution < 1.29 is 34.2 Å². The summed E-state index contributed by atoms with van der Waals surface area (Å²) in [5, 5.41) is 24.7. The number of aliphatic carboxylic acids is 1. The van der Waals surface area contributed by atoms with Gasteiger partial charge in [-0.3, -0.25) is 29.0 Å². The Balaban J connectivity index is 5.37. The first kappa shape index (κ1) is 27.5. The third-order valence-corrected chi connectivity index (χ3v) is 3.85. The van der Waals surface area contributed by atoms with Gasteiger partial charge in [-0.1, -0.05) is 0 Å². The van der Waals surface area contributed by atoms with E-state index in [0.717, 1.165) is 0 Å². The summed E-state index contributed by atoms with van der Waals surface area (Å²) < 4.78 is 0. The van der Waals surface area contributed by atoms with Crippen LogP contribution < -0.4 is 38.9 Å². The molecule has 15 nitrogen and oxygen atoms in total. The van der Waals surface area contributed by atoms with Crippen molar-refractivity contribution in [3.63, 3.8) is 0 Å². The second kappa shape index (κ2) is 13.7. The second-order valence-corrected chi connectivity index (χ2v) is 6.62. The number of hydrogen-bond donors (Lipinski definition) is 9. The van der Waals surface area contributed by atoms with Crippen LogP contribution in [-0.2, 0) is 24.0 Å². The molecule has 4 atom stereocenters. The molecular weight excluding hydrogens is 416 g/mol. The molecule has 0 heterocycles. The molecule has 0 saturated heterocycles. The van der Waals surface area contributed by atoms with E-state index < -0.39 is 66.8 Å². The number of carbonyl (C=O) groups excluding carboxylic acids is 4. The Morgan fingerprint density at radius 3 is 2.03 bits per heavy atom. The fourth-order valence-corrected chi connectivity index (χ4v) is 2.23. The van der Waals surface area contributed by atoms with E-state index in [1.165, 1.54) is 6.92 Å². The zero-order valence-corrected chi connectivity index (χ0v) is 17.0. The van der Waals surface area contributed by atoms with Gasteiger partial charge < -0.3 is 49.1 Å². The van der Waals surface area contributed by atoms with Crippen LogP contribution in [0.2, 0.25) is 0 Å². The highest BCUT2D eigenvalue weighted by Gasteiger charge is 2.29. The zero-order valence-electron chi connectivity index (χ0n) is 17.0. The van der Waals surface area contributed by atoms with Crippen LogP contribution in [0.5, 0.6) is 0 Å². The van der Waals surface area contributed by atoms with Crippen LogP contribution >= 0.6 is 0 Å². The van der Waals surface area contributed by atoms with Gasteiger partial charge in [0.25, 0.3) is 0 Å². The average Bonchev–Trinajstić information content (AvgIpc) is 2.66. The number of primary amides is 1. The summed E-state index contributed by atoms with van der Waals surface area (Å²) in [5.41, 5.74) is 21.1. The SMILES string of the molecule is CC(O)C(N)C(=O)NC(CCCN=C(N)N)C(=O)NC(CC(N)=O)C(=O)NCC(=O)O. The number of carbonyl (C=O) groups is 5. The standard InChI is InChI=1S/C16H30N8O7/c1-7(25)12(18)15(31)23-8(3-2-4-21-16(19)20)14(30)24-9(5-10(17)26)13(29)22-6-11(27)28/h7-9,12,25H,2-6,18H2,1H3,(H2,17,26)(H,22,29)(H,23,31)(H,24,30)(H,27,28)(H4,19,20,21). The molecule has 176 valence electrons. The van der Waals surface area contributed by atoms with E-state index in [9.17, 15) is 29.1 Å². The van der Waals surface area contributed by atoms with E-state index in [1.807, 2.05) is 5.32 Å². The molecule has 15 heteroatoms. The van der Waals surface area contributed by atoms with Crippen molar-refractivity contribution in [3.05, 3.63) is 0 Å². The van der Waals surface area contributed by atoms with E-state index in [1.54, 1.807) is 0 Å². The molecule has 0 aromatic heterocycles. The van der Waals surface area contributed by atoms with Crippen molar-refractivity contribution >= 4 is 35.6 Å². The fourth-order valence-electron chi connectivity index (χ4n) is 2.23. The summed E-state index contributed by atoms with van der Waals surface area (Å²) in [4.78, 5) is 62.5. The highest BCUT2D eigenvalue weighted by Crippen LogP contribution is 2.03. The molecule has 0 aliphatic carbocycles. The van der Waals surface area contributed by atoms with Gasteiger partial charge in [-0.15, -0.1) is 0 Å².